The summed E-state index contributed by atoms with van der Waals surface area (Å²) in [6, 6.07) is 3.73. The molecule has 0 spiro atoms. The number of hydrogen-bond donors (Lipinski definition) is 2. The SMILES string of the molecule is CC(=O)CC(=O)c1ccc(O)c(C(N)=O)c1. The van der Waals surface area contributed by atoms with Crippen molar-refractivity contribution in [1.29, 1.82) is 0 Å². The van der Waals surface area contributed by atoms with Crippen molar-refractivity contribution in [3.8, 4) is 5.75 Å². The summed E-state index contributed by atoms with van der Waals surface area (Å²) in [6.07, 6.45) is -0.233. The number of aromatic hydroxyl groups is 1. The molecule has 0 saturated carbocycles. The Balaban J connectivity index is 3.08. The van der Waals surface area contributed by atoms with Gasteiger partial charge in [0.25, 0.3) is 5.91 Å². The molecular formula is C11H11NO4. The third-order valence-corrected chi connectivity index (χ3v) is 1.99. The summed E-state index contributed by atoms with van der Waals surface area (Å²) in [5.74, 6) is -1.78. The zero-order chi connectivity index (χ0) is 12.3. The Bertz CT molecular complexity index is 465. The van der Waals surface area contributed by atoms with Crippen LogP contribution in [0.2, 0.25) is 0 Å². The fourth-order valence-corrected chi connectivity index (χ4v) is 1.24. The molecule has 0 saturated heterocycles. The predicted molar refractivity (Wildman–Crippen MR) is 56.3 cm³/mol. The molecule has 0 aromatic heterocycles. The van der Waals surface area contributed by atoms with Crippen molar-refractivity contribution < 1.29 is 19.5 Å². The third kappa shape index (κ3) is 2.66. The first-order valence-corrected chi connectivity index (χ1v) is 4.57. The standard InChI is InChI=1S/C11H11NO4/c1-6(13)4-10(15)7-2-3-9(14)8(5-7)11(12)16/h2-3,5,14H,4H2,1H3,(H2,12,16). The number of rotatable bonds is 4. The van der Waals surface area contributed by atoms with Crippen molar-refractivity contribution in [2.24, 2.45) is 5.73 Å². The molecule has 3 N–H and O–H groups in total. The molecule has 84 valence electrons. The molecule has 5 nitrogen and oxygen atoms in total. The lowest BCUT2D eigenvalue weighted by Gasteiger charge is -2.03. The molecular weight excluding hydrogens is 210 g/mol. The van der Waals surface area contributed by atoms with E-state index in [9.17, 15) is 19.5 Å². The van der Waals surface area contributed by atoms with Crippen molar-refractivity contribution in [1.82, 2.24) is 0 Å². The minimum Gasteiger partial charge on any atom is -0.507 e. The molecule has 1 aromatic rings. The summed E-state index contributed by atoms with van der Waals surface area (Å²) < 4.78 is 0. The molecule has 0 aliphatic rings. The minimum atomic E-state index is -0.824. The van der Waals surface area contributed by atoms with Crippen LogP contribution in [0.25, 0.3) is 0 Å². The fourth-order valence-electron chi connectivity index (χ4n) is 1.24. The van der Waals surface area contributed by atoms with Crippen molar-refractivity contribution in [3.05, 3.63) is 29.3 Å². The van der Waals surface area contributed by atoms with E-state index in [1.165, 1.54) is 25.1 Å². The van der Waals surface area contributed by atoms with Crippen LogP contribution in [0.15, 0.2) is 18.2 Å². The molecule has 1 rings (SSSR count). The largest absolute Gasteiger partial charge is 0.507 e. The molecule has 0 fully saturated rings. The van der Waals surface area contributed by atoms with Crippen molar-refractivity contribution in [3.63, 3.8) is 0 Å². The van der Waals surface area contributed by atoms with Gasteiger partial charge >= 0.3 is 0 Å². The van der Waals surface area contributed by atoms with Crippen LogP contribution in [0.4, 0.5) is 0 Å². The van der Waals surface area contributed by atoms with E-state index < -0.39 is 11.7 Å². The van der Waals surface area contributed by atoms with Crippen LogP contribution in [0.3, 0.4) is 0 Å². The average molecular weight is 221 g/mol. The van der Waals surface area contributed by atoms with Gasteiger partial charge in [0.2, 0.25) is 0 Å². The summed E-state index contributed by atoms with van der Waals surface area (Å²) in [6.45, 7) is 1.30. The van der Waals surface area contributed by atoms with E-state index in [1.54, 1.807) is 0 Å². The van der Waals surface area contributed by atoms with Gasteiger partial charge in [0.05, 0.1) is 12.0 Å². The Morgan fingerprint density at radius 2 is 1.94 bits per heavy atom. The zero-order valence-electron chi connectivity index (χ0n) is 8.69. The molecule has 0 aliphatic carbocycles. The van der Waals surface area contributed by atoms with E-state index in [4.69, 9.17) is 5.73 Å². The van der Waals surface area contributed by atoms with Crippen LogP contribution in [0.5, 0.6) is 5.75 Å². The lowest BCUT2D eigenvalue weighted by atomic mass is 10.0. The van der Waals surface area contributed by atoms with Crippen LogP contribution in [-0.4, -0.2) is 22.6 Å². The predicted octanol–water partition coefficient (Wildman–Crippen LogP) is 0.653. The van der Waals surface area contributed by atoms with Gasteiger partial charge in [-0.05, 0) is 25.1 Å². The number of carbonyl (C=O) groups excluding carboxylic acids is 3. The highest BCUT2D eigenvalue weighted by Gasteiger charge is 2.13. The summed E-state index contributed by atoms with van der Waals surface area (Å²) >= 11 is 0. The van der Waals surface area contributed by atoms with Crippen molar-refractivity contribution in [2.75, 3.05) is 0 Å². The number of amides is 1. The van der Waals surface area contributed by atoms with E-state index in [1.807, 2.05) is 0 Å². The monoisotopic (exact) mass is 221 g/mol. The van der Waals surface area contributed by atoms with Crippen molar-refractivity contribution >= 4 is 17.5 Å². The molecule has 0 unspecified atom stereocenters. The number of phenols is 1. The number of primary amides is 1. The molecule has 0 aliphatic heterocycles. The van der Waals surface area contributed by atoms with Crippen LogP contribution in [0, 0.1) is 0 Å². The van der Waals surface area contributed by atoms with E-state index in [0.717, 1.165) is 0 Å². The number of ketones is 2. The zero-order valence-corrected chi connectivity index (χ0v) is 8.69. The van der Waals surface area contributed by atoms with Gasteiger partial charge in [-0.2, -0.15) is 0 Å². The quantitative estimate of drug-likeness (QED) is 0.576. The third-order valence-electron chi connectivity index (χ3n) is 1.99. The van der Waals surface area contributed by atoms with Crippen molar-refractivity contribution in [2.45, 2.75) is 13.3 Å². The normalized spacial score (nSPS) is 9.81. The number of Topliss-reactive ketones (excluding diaryl/α,β-unsaturated/α-hetero) is 2. The highest BCUT2D eigenvalue weighted by atomic mass is 16.3. The summed E-state index contributed by atoms with van der Waals surface area (Å²) in [4.78, 5) is 33.1. The van der Waals surface area contributed by atoms with Gasteiger partial charge < -0.3 is 10.8 Å². The second kappa shape index (κ2) is 4.57. The van der Waals surface area contributed by atoms with Crippen LogP contribution in [0.1, 0.15) is 34.1 Å². The average Bonchev–Trinajstić information content (AvgIpc) is 2.16. The molecule has 1 amide bonds. The number of hydrogen-bond acceptors (Lipinski definition) is 4. The summed E-state index contributed by atoms with van der Waals surface area (Å²) in [5, 5.41) is 9.29. The molecule has 16 heavy (non-hydrogen) atoms. The van der Waals surface area contributed by atoms with E-state index in [2.05, 4.69) is 0 Å². The van der Waals surface area contributed by atoms with Gasteiger partial charge in [-0.1, -0.05) is 0 Å². The number of benzene rings is 1. The lowest BCUT2D eigenvalue weighted by molar-refractivity contribution is -0.116. The molecule has 0 radical (unpaired) electrons. The van der Waals surface area contributed by atoms with Gasteiger partial charge in [0.1, 0.15) is 11.5 Å². The second-order valence-electron chi connectivity index (χ2n) is 3.40. The molecule has 0 atom stereocenters. The number of nitrogens with two attached hydrogens (primary N) is 1. The Labute approximate surface area is 91.9 Å². The van der Waals surface area contributed by atoms with E-state index in [0.29, 0.717) is 0 Å². The minimum absolute atomic E-state index is 0.130. The summed E-state index contributed by atoms with van der Waals surface area (Å²) in [7, 11) is 0. The highest BCUT2D eigenvalue weighted by molar-refractivity contribution is 6.08. The van der Waals surface area contributed by atoms with Gasteiger partial charge in [-0.15, -0.1) is 0 Å². The van der Waals surface area contributed by atoms with Gasteiger partial charge in [0, 0.05) is 5.56 Å². The van der Waals surface area contributed by atoms with Gasteiger partial charge in [0.15, 0.2) is 5.78 Å². The van der Waals surface area contributed by atoms with Gasteiger partial charge in [-0.25, -0.2) is 0 Å². The Hall–Kier alpha value is -2.17. The maximum absolute atomic E-state index is 11.5. The molecule has 5 heteroatoms. The highest BCUT2D eigenvalue weighted by Crippen LogP contribution is 2.18. The second-order valence-corrected chi connectivity index (χ2v) is 3.40. The maximum Gasteiger partial charge on any atom is 0.252 e. The van der Waals surface area contributed by atoms with Crippen LogP contribution in [-0.2, 0) is 4.79 Å². The number of carbonyl (C=O) groups is 3. The maximum atomic E-state index is 11.5. The Kier molecular flexibility index (Phi) is 3.40. The van der Waals surface area contributed by atoms with E-state index >= 15 is 0 Å². The topological polar surface area (TPSA) is 97.5 Å². The first kappa shape index (κ1) is 11.9. The first-order chi connectivity index (χ1) is 7.41. The van der Waals surface area contributed by atoms with Gasteiger partial charge in [-0.3, -0.25) is 14.4 Å². The lowest BCUT2D eigenvalue weighted by Crippen LogP contribution is -2.13. The Morgan fingerprint density at radius 1 is 1.31 bits per heavy atom. The fraction of sp³-hybridized carbons (Fsp3) is 0.182. The Morgan fingerprint density at radius 3 is 2.44 bits per heavy atom. The van der Waals surface area contributed by atoms with E-state index in [-0.39, 0.29) is 29.1 Å². The van der Waals surface area contributed by atoms with Crippen LogP contribution < -0.4 is 5.73 Å². The smallest absolute Gasteiger partial charge is 0.252 e. The summed E-state index contributed by atoms with van der Waals surface area (Å²) in [5.41, 5.74) is 5.06. The molecule has 0 bridgehead atoms. The molecule has 1 aromatic carbocycles. The first-order valence-electron chi connectivity index (χ1n) is 4.57. The molecule has 0 heterocycles. The van der Waals surface area contributed by atoms with Crippen LogP contribution >= 0.6 is 0 Å².